The summed E-state index contributed by atoms with van der Waals surface area (Å²) in [5, 5.41) is 3.90. The molecule has 1 aromatic heterocycles. The number of benzene rings is 1. The van der Waals surface area contributed by atoms with Gasteiger partial charge in [0, 0.05) is 21.1 Å². The second-order valence-electron chi connectivity index (χ2n) is 4.52. The number of carbonyl (C=O) groups is 1. The Morgan fingerprint density at radius 3 is 2.68 bits per heavy atom. The van der Waals surface area contributed by atoms with Crippen molar-refractivity contribution in [3.8, 4) is 0 Å². The van der Waals surface area contributed by atoms with Crippen LogP contribution in [-0.4, -0.2) is 10.9 Å². The number of carbonyl (C=O) groups excluding carboxylic acids is 1. The standard InChI is InChI=1S/C14H15BrN2OS/c1-8-4-11(6-12(15)5-8)13(18)17-10(3)14-16-7-9(2)19-14/h4-7,10H,1-3H3,(H,17,18). The van der Waals surface area contributed by atoms with Gasteiger partial charge in [-0.25, -0.2) is 4.98 Å². The summed E-state index contributed by atoms with van der Waals surface area (Å²) in [4.78, 5) is 17.6. The van der Waals surface area contributed by atoms with Gasteiger partial charge in [-0.2, -0.15) is 0 Å². The Hall–Kier alpha value is -1.20. The molecule has 0 spiro atoms. The zero-order valence-corrected chi connectivity index (χ0v) is 13.4. The lowest BCUT2D eigenvalue weighted by molar-refractivity contribution is 0.0939. The fourth-order valence-corrected chi connectivity index (χ4v) is 3.17. The van der Waals surface area contributed by atoms with E-state index in [9.17, 15) is 4.79 Å². The Balaban J connectivity index is 2.12. The summed E-state index contributed by atoms with van der Waals surface area (Å²) < 4.78 is 0.912. The minimum atomic E-state index is -0.0789. The molecule has 5 heteroatoms. The molecule has 1 N–H and O–H groups in total. The number of amides is 1. The van der Waals surface area contributed by atoms with Gasteiger partial charge < -0.3 is 5.32 Å². The van der Waals surface area contributed by atoms with E-state index in [0.29, 0.717) is 5.56 Å². The van der Waals surface area contributed by atoms with Gasteiger partial charge in [-0.05, 0) is 44.5 Å². The molecule has 100 valence electrons. The molecule has 0 aliphatic carbocycles. The molecule has 1 amide bonds. The lowest BCUT2D eigenvalue weighted by atomic mass is 10.1. The molecule has 2 rings (SSSR count). The number of aryl methyl sites for hydroxylation is 2. The van der Waals surface area contributed by atoms with E-state index >= 15 is 0 Å². The normalized spacial score (nSPS) is 12.2. The van der Waals surface area contributed by atoms with Gasteiger partial charge in [0.05, 0.1) is 6.04 Å². The third-order valence-electron chi connectivity index (χ3n) is 2.66. The van der Waals surface area contributed by atoms with Crippen LogP contribution in [0.25, 0.3) is 0 Å². The molecule has 19 heavy (non-hydrogen) atoms. The summed E-state index contributed by atoms with van der Waals surface area (Å²) in [5.74, 6) is -0.0789. The molecule has 0 saturated heterocycles. The van der Waals surface area contributed by atoms with Crippen LogP contribution in [0.1, 0.15) is 38.8 Å². The van der Waals surface area contributed by atoms with Crippen molar-refractivity contribution in [2.75, 3.05) is 0 Å². The molecule has 0 aliphatic heterocycles. The molecule has 2 aromatic rings. The molecule has 3 nitrogen and oxygen atoms in total. The molecular formula is C14H15BrN2OS. The van der Waals surface area contributed by atoms with Crippen LogP contribution < -0.4 is 5.32 Å². The zero-order chi connectivity index (χ0) is 14.0. The number of halogens is 1. The summed E-state index contributed by atoms with van der Waals surface area (Å²) in [6.45, 7) is 5.92. The molecule has 1 atom stereocenters. The summed E-state index contributed by atoms with van der Waals surface area (Å²) in [6.07, 6.45) is 1.83. The van der Waals surface area contributed by atoms with E-state index in [1.54, 1.807) is 11.3 Å². The van der Waals surface area contributed by atoms with Crippen molar-refractivity contribution in [2.24, 2.45) is 0 Å². The van der Waals surface area contributed by atoms with Crippen LogP contribution in [0.15, 0.2) is 28.9 Å². The molecule has 0 aliphatic rings. The van der Waals surface area contributed by atoms with E-state index in [4.69, 9.17) is 0 Å². The lowest BCUT2D eigenvalue weighted by Crippen LogP contribution is -2.26. The van der Waals surface area contributed by atoms with Crippen LogP contribution in [0.2, 0.25) is 0 Å². The third-order valence-corrected chi connectivity index (χ3v) is 4.21. The van der Waals surface area contributed by atoms with Crippen molar-refractivity contribution >= 4 is 33.2 Å². The minimum Gasteiger partial charge on any atom is -0.343 e. The molecule has 0 bridgehead atoms. The Bertz CT molecular complexity index is 589. The molecule has 0 fully saturated rings. The molecule has 0 radical (unpaired) electrons. The van der Waals surface area contributed by atoms with E-state index < -0.39 is 0 Å². The van der Waals surface area contributed by atoms with E-state index in [2.05, 4.69) is 26.2 Å². The van der Waals surface area contributed by atoms with Crippen LogP contribution in [0.3, 0.4) is 0 Å². The van der Waals surface area contributed by atoms with Crippen LogP contribution in [0, 0.1) is 13.8 Å². The molecule has 1 aromatic carbocycles. The van der Waals surface area contributed by atoms with Gasteiger partial charge >= 0.3 is 0 Å². The van der Waals surface area contributed by atoms with Gasteiger partial charge in [0.1, 0.15) is 5.01 Å². The van der Waals surface area contributed by atoms with Crippen molar-refractivity contribution in [1.82, 2.24) is 10.3 Å². The largest absolute Gasteiger partial charge is 0.343 e. The van der Waals surface area contributed by atoms with Gasteiger partial charge in [0.15, 0.2) is 0 Å². The SMILES string of the molecule is Cc1cc(Br)cc(C(=O)NC(C)c2ncc(C)s2)c1. The van der Waals surface area contributed by atoms with E-state index in [1.165, 1.54) is 0 Å². The van der Waals surface area contributed by atoms with Gasteiger partial charge in [0.25, 0.3) is 5.91 Å². The van der Waals surface area contributed by atoms with E-state index in [0.717, 1.165) is 19.9 Å². The Morgan fingerprint density at radius 2 is 2.11 bits per heavy atom. The highest BCUT2D eigenvalue weighted by Crippen LogP contribution is 2.20. The Morgan fingerprint density at radius 1 is 1.37 bits per heavy atom. The highest BCUT2D eigenvalue weighted by molar-refractivity contribution is 9.10. The molecule has 0 saturated carbocycles. The number of aromatic nitrogens is 1. The summed E-state index contributed by atoms with van der Waals surface area (Å²) in [5.41, 5.74) is 1.71. The smallest absolute Gasteiger partial charge is 0.251 e. The topological polar surface area (TPSA) is 42.0 Å². The van der Waals surface area contributed by atoms with Crippen LogP contribution in [-0.2, 0) is 0 Å². The lowest BCUT2D eigenvalue weighted by Gasteiger charge is -2.12. The second-order valence-corrected chi connectivity index (χ2v) is 6.70. The average molecular weight is 339 g/mol. The van der Waals surface area contributed by atoms with Crippen LogP contribution in [0.5, 0.6) is 0 Å². The first kappa shape index (κ1) is 14.2. The predicted molar refractivity (Wildman–Crippen MR) is 81.6 cm³/mol. The van der Waals surface area contributed by atoms with E-state index in [1.807, 2.05) is 45.2 Å². The highest BCUT2D eigenvalue weighted by Gasteiger charge is 2.14. The fraction of sp³-hybridized carbons (Fsp3) is 0.286. The van der Waals surface area contributed by atoms with Gasteiger partial charge in [-0.3, -0.25) is 4.79 Å². The average Bonchev–Trinajstić information content (AvgIpc) is 2.74. The second kappa shape index (κ2) is 5.84. The maximum absolute atomic E-state index is 12.2. The number of hydrogen-bond donors (Lipinski definition) is 1. The third kappa shape index (κ3) is 3.64. The number of rotatable bonds is 3. The minimum absolute atomic E-state index is 0.0783. The number of nitrogens with one attached hydrogen (secondary N) is 1. The predicted octanol–water partition coefficient (Wildman–Crippen LogP) is 4.01. The van der Waals surface area contributed by atoms with Crippen molar-refractivity contribution < 1.29 is 4.79 Å². The van der Waals surface area contributed by atoms with Gasteiger partial charge in [-0.1, -0.05) is 15.9 Å². The van der Waals surface area contributed by atoms with Crippen LogP contribution in [0.4, 0.5) is 0 Å². The first-order chi connectivity index (χ1) is 8.95. The van der Waals surface area contributed by atoms with Crippen molar-refractivity contribution in [3.63, 3.8) is 0 Å². The summed E-state index contributed by atoms with van der Waals surface area (Å²) in [6, 6.07) is 5.59. The number of hydrogen-bond acceptors (Lipinski definition) is 3. The van der Waals surface area contributed by atoms with Crippen molar-refractivity contribution in [1.29, 1.82) is 0 Å². The van der Waals surface area contributed by atoms with Gasteiger partial charge in [-0.15, -0.1) is 11.3 Å². The zero-order valence-electron chi connectivity index (χ0n) is 11.0. The maximum atomic E-state index is 12.2. The van der Waals surface area contributed by atoms with Crippen molar-refractivity contribution in [2.45, 2.75) is 26.8 Å². The fourth-order valence-electron chi connectivity index (χ4n) is 1.78. The number of thiazole rings is 1. The maximum Gasteiger partial charge on any atom is 0.251 e. The van der Waals surface area contributed by atoms with Crippen molar-refractivity contribution in [3.05, 3.63) is 49.9 Å². The molecular weight excluding hydrogens is 324 g/mol. The quantitative estimate of drug-likeness (QED) is 0.918. The summed E-state index contributed by atoms with van der Waals surface area (Å²) >= 11 is 5.01. The van der Waals surface area contributed by atoms with Gasteiger partial charge in [0.2, 0.25) is 0 Å². The monoisotopic (exact) mass is 338 g/mol. The first-order valence-electron chi connectivity index (χ1n) is 5.96. The highest BCUT2D eigenvalue weighted by atomic mass is 79.9. The summed E-state index contributed by atoms with van der Waals surface area (Å²) in [7, 11) is 0. The van der Waals surface area contributed by atoms with Crippen LogP contribution >= 0.6 is 27.3 Å². The molecule has 1 unspecified atom stereocenters. The number of nitrogens with zero attached hydrogens (tertiary/aromatic N) is 1. The Labute approximate surface area is 125 Å². The first-order valence-corrected chi connectivity index (χ1v) is 7.57. The van der Waals surface area contributed by atoms with E-state index in [-0.39, 0.29) is 11.9 Å². The Kier molecular flexibility index (Phi) is 4.37. The molecule has 1 heterocycles.